The second-order valence-corrected chi connectivity index (χ2v) is 8.14. The predicted octanol–water partition coefficient (Wildman–Crippen LogP) is 5.52. The summed E-state index contributed by atoms with van der Waals surface area (Å²) >= 11 is 12.2. The van der Waals surface area contributed by atoms with E-state index in [1.165, 1.54) is 0 Å². The molecule has 0 saturated carbocycles. The van der Waals surface area contributed by atoms with E-state index in [1.54, 1.807) is 55.5 Å². The first-order valence-corrected chi connectivity index (χ1v) is 11.2. The number of hydrogen-bond acceptors (Lipinski definition) is 6. The van der Waals surface area contributed by atoms with Crippen molar-refractivity contribution in [3.63, 3.8) is 0 Å². The van der Waals surface area contributed by atoms with Gasteiger partial charge in [-0.2, -0.15) is 0 Å². The summed E-state index contributed by atoms with van der Waals surface area (Å²) in [4.78, 5) is 27.4. The third kappa shape index (κ3) is 5.33. The number of nitrogens with zero attached hydrogens (tertiary/aromatic N) is 1. The number of morpholine rings is 1. The number of halogens is 2. The molecule has 33 heavy (non-hydrogen) atoms. The van der Waals surface area contributed by atoms with Gasteiger partial charge in [-0.15, -0.1) is 0 Å². The summed E-state index contributed by atoms with van der Waals surface area (Å²) in [6.45, 7) is 4.49. The Morgan fingerprint density at radius 2 is 1.85 bits per heavy atom. The van der Waals surface area contributed by atoms with Crippen molar-refractivity contribution in [3.8, 4) is 11.3 Å². The van der Waals surface area contributed by atoms with Crippen molar-refractivity contribution in [2.45, 2.75) is 6.92 Å². The van der Waals surface area contributed by atoms with Crippen molar-refractivity contribution < 1.29 is 23.5 Å². The number of carbonyl (C=O) groups is 2. The molecule has 4 rings (SSSR count). The molecule has 1 N–H and O–H groups in total. The Balaban J connectivity index is 1.61. The Hall–Kier alpha value is -3.00. The SMILES string of the molecule is CCOC(=O)c1ccc(N2CCOCC2)c(NC(=O)c2ccc(-c3ccc(Cl)cc3Cl)o2)c1. The van der Waals surface area contributed by atoms with E-state index in [1.807, 2.05) is 0 Å². The molecule has 0 unspecified atom stereocenters. The zero-order valence-corrected chi connectivity index (χ0v) is 19.4. The van der Waals surface area contributed by atoms with E-state index < -0.39 is 11.9 Å². The van der Waals surface area contributed by atoms with Crippen LogP contribution in [0.3, 0.4) is 0 Å². The molecule has 172 valence electrons. The van der Waals surface area contributed by atoms with Gasteiger partial charge in [-0.3, -0.25) is 4.79 Å². The smallest absolute Gasteiger partial charge is 0.338 e. The number of nitrogens with one attached hydrogen (secondary N) is 1. The van der Waals surface area contributed by atoms with Crippen molar-refractivity contribution in [2.75, 3.05) is 43.1 Å². The van der Waals surface area contributed by atoms with Crippen LogP contribution in [0.25, 0.3) is 11.3 Å². The molecule has 0 spiro atoms. The van der Waals surface area contributed by atoms with E-state index in [-0.39, 0.29) is 12.4 Å². The zero-order chi connectivity index (χ0) is 23.4. The monoisotopic (exact) mass is 488 g/mol. The van der Waals surface area contributed by atoms with Gasteiger partial charge in [-0.1, -0.05) is 23.2 Å². The third-order valence-corrected chi connectivity index (χ3v) is 5.68. The highest BCUT2D eigenvalue weighted by molar-refractivity contribution is 6.36. The van der Waals surface area contributed by atoms with Crippen LogP contribution in [0.5, 0.6) is 0 Å². The van der Waals surface area contributed by atoms with Crippen LogP contribution in [-0.2, 0) is 9.47 Å². The average Bonchev–Trinajstić information content (AvgIpc) is 3.30. The number of ether oxygens (including phenoxy) is 2. The van der Waals surface area contributed by atoms with Gasteiger partial charge >= 0.3 is 5.97 Å². The summed E-state index contributed by atoms with van der Waals surface area (Å²) in [6.07, 6.45) is 0. The quantitative estimate of drug-likeness (QED) is 0.460. The van der Waals surface area contributed by atoms with E-state index in [4.69, 9.17) is 37.1 Å². The molecule has 0 aliphatic carbocycles. The Morgan fingerprint density at radius 3 is 2.58 bits per heavy atom. The molecular formula is C24H22Cl2N2O5. The van der Waals surface area contributed by atoms with Gasteiger partial charge in [0.1, 0.15) is 5.76 Å². The standard InChI is InChI=1S/C24H22Cl2N2O5/c1-2-32-24(30)15-3-6-20(28-9-11-31-12-10-28)19(13-15)27-23(29)22-8-7-21(33-22)17-5-4-16(25)14-18(17)26/h3-8,13-14H,2,9-12H2,1H3,(H,27,29). The number of furan rings is 1. The summed E-state index contributed by atoms with van der Waals surface area (Å²) in [5.74, 6) is -0.373. The molecule has 0 bridgehead atoms. The number of carbonyl (C=O) groups excluding carboxylic acids is 2. The molecule has 0 atom stereocenters. The third-order valence-electron chi connectivity index (χ3n) is 5.13. The average molecular weight is 489 g/mol. The summed E-state index contributed by atoms with van der Waals surface area (Å²) in [6, 6.07) is 13.4. The minimum absolute atomic E-state index is 0.102. The second-order valence-electron chi connectivity index (χ2n) is 7.29. The summed E-state index contributed by atoms with van der Waals surface area (Å²) in [5.41, 5.74) is 2.23. The Labute approximate surface area is 201 Å². The normalized spacial score (nSPS) is 13.6. The summed E-state index contributed by atoms with van der Waals surface area (Å²) in [5, 5.41) is 3.80. The van der Waals surface area contributed by atoms with Crippen LogP contribution < -0.4 is 10.2 Å². The van der Waals surface area contributed by atoms with E-state index >= 15 is 0 Å². The summed E-state index contributed by atoms with van der Waals surface area (Å²) < 4.78 is 16.3. The van der Waals surface area contributed by atoms with E-state index in [9.17, 15) is 9.59 Å². The molecule has 9 heteroatoms. The largest absolute Gasteiger partial charge is 0.462 e. The van der Waals surface area contributed by atoms with Gasteiger partial charge < -0.3 is 24.1 Å². The van der Waals surface area contributed by atoms with Crippen LogP contribution in [0, 0.1) is 0 Å². The number of hydrogen-bond donors (Lipinski definition) is 1. The zero-order valence-electron chi connectivity index (χ0n) is 17.9. The van der Waals surface area contributed by atoms with Gasteiger partial charge in [0.25, 0.3) is 5.91 Å². The number of rotatable bonds is 6. The molecule has 2 aromatic carbocycles. The molecule has 1 fully saturated rings. The minimum Gasteiger partial charge on any atom is -0.462 e. The fourth-order valence-electron chi connectivity index (χ4n) is 3.54. The van der Waals surface area contributed by atoms with Crippen LogP contribution in [0.2, 0.25) is 10.0 Å². The van der Waals surface area contributed by atoms with Gasteiger partial charge in [0.05, 0.1) is 41.8 Å². The Morgan fingerprint density at radius 1 is 1.06 bits per heavy atom. The van der Waals surface area contributed by atoms with Gasteiger partial charge in [-0.25, -0.2) is 4.79 Å². The van der Waals surface area contributed by atoms with Crippen LogP contribution in [0.1, 0.15) is 27.8 Å². The molecule has 7 nitrogen and oxygen atoms in total. The van der Waals surface area contributed by atoms with Gasteiger partial charge in [0, 0.05) is 23.7 Å². The second kappa shape index (κ2) is 10.3. The van der Waals surface area contributed by atoms with Crippen LogP contribution in [0.15, 0.2) is 52.9 Å². The molecule has 1 aliphatic heterocycles. The van der Waals surface area contributed by atoms with Crippen molar-refractivity contribution in [1.29, 1.82) is 0 Å². The predicted molar refractivity (Wildman–Crippen MR) is 128 cm³/mol. The van der Waals surface area contributed by atoms with Crippen LogP contribution in [-0.4, -0.2) is 44.8 Å². The number of amides is 1. The van der Waals surface area contributed by atoms with Gasteiger partial charge in [0.15, 0.2) is 5.76 Å². The molecule has 1 aliphatic rings. The topological polar surface area (TPSA) is 81.0 Å². The Bertz CT molecular complexity index is 1170. The van der Waals surface area contributed by atoms with Crippen molar-refractivity contribution >= 4 is 46.5 Å². The highest BCUT2D eigenvalue weighted by atomic mass is 35.5. The molecule has 3 aromatic rings. The van der Waals surface area contributed by atoms with Crippen molar-refractivity contribution in [1.82, 2.24) is 0 Å². The molecule has 1 amide bonds. The van der Waals surface area contributed by atoms with E-state index in [0.29, 0.717) is 58.9 Å². The van der Waals surface area contributed by atoms with Crippen LogP contribution in [0.4, 0.5) is 11.4 Å². The number of esters is 1. The molecule has 1 aromatic heterocycles. The lowest BCUT2D eigenvalue weighted by Gasteiger charge is -2.30. The molecule has 0 radical (unpaired) electrons. The first kappa shape index (κ1) is 23.2. The van der Waals surface area contributed by atoms with Gasteiger partial charge in [0.2, 0.25) is 0 Å². The van der Waals surface area contributed by atoms with E-state index in [2.05, 4.69) is 10.2 Å². The highest BCUT2D eigenvalue weighted by Gasteiger charge is 2.21. The number of anilines is 2. The fraction of sp³-hybridized carbons (Fsp3) is 0.250. The maximum Gasteiger partial charge on any atom is 0.338 e. The lowest BCUT2D eigenvalue weighted by Crippen LogP contribution is -2.36. The minimum atomic E-state index is -0.459. The van der Waals surface area contributed by atoms with Crippen LogP contribution >= 0.6 is 23.2 Å². The lowest BCUT2D eigenvalue weighted by molar-refractivity contribution is 0.0526. The van der Waals surface area contributed by atoms with Crippen molar-refractivity contribution in [2.24, 2.45) is 0 Å². The molecule has 1 saturated heterocycles. The maximum atomic E-state index is 13.0. The summed E-state index contributed by atoms with van der Waals surface area (Å²) in [7, 11) is 0. The van der Waals surface area contributed by atoms with Crippen molar-refractivity contribution in [3.05, 3.63) is 69.9 Å². The molecular weight excluding hydrogens is 467 g/mol. The van der Waals surface area contributed by atoms with E-state index in [0.717, 1.165) is 5.69 Å². The highest BCUT2D eigenvalue weighted by Crippen LogP contribution is 2.33. The Kier molecular flexibility index (Phi) is 7.23. The fourth-order valence-corrected chi connectivity index (χ4v) is 4.04. The van der Waals surface area contributed by atoms with Gasteiger partial charge in [-0.05, 0) is 55.5 Å². The number of benzene rings is 2. The first-order chi connectivity index (χ1) is 16.0. The lowest BCUT2D eigenvalue weighted by atomic mass is 10.1. The first-order valence-electron chi connectivity index (χ1n) is 10.5. The molecule has 2 heterocycles. The maximum absolute atomic E-state index is 13.0.